The highest BCUT2D eigenvalue weighted by Crippen LogP contribution is 2.29. The zero-order chi connectivity index (χ0) is 12.1. The first kappa shape index (κ1) is 13.3. The molecule has 0 heterocycles. The molecule has 1 aromatic rings. The molecule has 0 saturated heterocycles. The van der Waals surface area contributed by atoms with Crippen molar-refractivity contribution in [2.24, 2.45) is 0 Å². The first-order valence-corrected chi connectivity index (χ1v) is 6.01. The monoisotopic (exact) mass is 244 g/mol. The van der Waals surface area contributed by atoms with Gasteiger partial charge >= 0.3 is 0 Å². The third-order valence-electron chi connectivity index (χ3n) is 2.81. The molecule has 0 aliphatic rings. The number of halogens is 2. The second-order valence-electron chi connectivity index (χ2n) is 3.99. The average molecular weight is 245 g/mol. The third-order valence-corrected chi connectivity index (χ3v) is 3.40. The first-order chi connectivity index (χ1) is 7.60. The molecule has 3 heteroatoms. The predicted octanol–water partition coefficient (Wildman–Crippen LogP) is 4.35. The Kier molecular flexibility index (Phi) is 5.07. The van der Waals surface area contributed by atoms with Crippen LogP contribution in [0.25, 0.3) is 0 Å². The largest absolute Gasteiger partial charge is 0.494 e. The Morgan fingerprint density at radius 2 is 2.12 bits per heavy atom. The van der Waals surface area contributed by atoms with Crippen molar-refractivity contribution < 1.29 is 9.13 Å². The minimum atomic E-state index is -0.327. The number of rotatable bonds is 5. The fraction of sp³-hybridized carbons (Fsp3) is 0.538. The van der Waals surface area contributed by atoms with E-state index in [-0.39, 0.29) is 22.9 Å². The molecule has 16 heavy (non-hydrogen) atoms. The fourth-order valence-corrected chi connectivity index (χ4v) is 2.06. The molecule has 90 valence electrons. The molecular formula is C13H18ClFO. The Bertz CT molecular complexity index is 341. The predicted molar refractivity (Wildman–Crippen MR) is 65.9 cm³/mol. The average Bonchev–Trinajstić information content (AvgIpc) is 2.28. The second kappa shape index (κ2) is 6.09. The van der Waals surface area contributed by atoms with Gasteiger partial charge in [-0.15, -0.1) is 11.6 Å². The SMILES string of the molecule is CCCC(Cl)C(C)c1ccc(OC)c(F)c1. The summed E-state index contributed by atoms with van der Waals surface area (Å²) < 4.78 is 18.4. The molecule has 1 aromatic carbocycles. The Hall–Kier alpha value is -0.760. The molecule has 0 bridgehead atoms. The standard InChI is InChI=1S/C13H18ClFO/c1-4-5-11(14)9(2)10-6-7-13(16-3)12(15)8-10/h6-9,11H,4-5H2,1-3H3. The number of methoxy groups -OCH3 is 1. The van der Waals surface area contributed by atoms with Crippen LogP contribution in [-0.4, -0.2) is 12.5 Å². The molecule has 0 aliphatic carbocycles. The summed E-state index contributed by atoms with van der Waals surface area (Å²) in [6, 6.07) is 5.03. The summed E-state index contributed by atoms with van der Waals surface area (Å²) >= 11 is 6.24. The van der Waals surface area contributed by atoms with E-state index in [4.69, 9.17) is 16.3 Å². The molecule has 0 aromatic heterocycles. The number of hydrogen-bond acceptors (Lipinski definition) is 1. The smallest absolute Gasteiger partial charge is 0.165 e. The molecular weight excluding hydrogens is 227 g/mol. The van der Waals surface area contributed by atoms with Crippen molar-refractivity contribution >= 4 is 11.6 Å². The van der Waals surface area contributed by atoms with Crippen LogP contribution >= 0.6 is 11.6 Å². The second-order valence-corrected chi connectivity index (χ2v) is 4.55. The summed E-state index contributed by atoms with van der Waals surface area (Å²) in [5.41, 5.74) is 0.923. The van der Waals surface area contributed by atoms with Crippen molar-refractivity contribution in [1.82, 2.24) is 0 Å². The van der Waals surface area contributed by atoms with E-state index in [1.54, 1.807) is 6.07 Å². The van der Waals surface area contributed by atoms with Gasteiger partial charge in [0.05, 0.1) is 7.11 Å². The quantitative estimate of drug-likeness (QED) is 0.700. The Balaban J connectivity index is 2.84. The highest BCUT2D eigenvalue weighted by Gasteiger charge is 2.17. The molecule has 2 unspecified atom stereocenters. The van der Waals surface area contributed by atoms with E-state index in [0.717, 1.165) is 18.4 Å². The lowest BCUT2D eigenvalue weighted by Crippen LogP contribution is -2.09. The molecule has 1 nitrogen and oxygen atoms in total. The van der Waals surface area contributed by atoms with Crippen molar-refractivity contribution in [3.05, 3.63) is 29.6 Å². The Morgan fingerprint density at radius 3 is 2.62 bits per heavy atom. The zero-order valence-electron chi connectivity index (χ0n) is 9.97. The van der Waals surface area contributed by atoms with Crippen molar-refractivity contribution in [2.45, 2.75) is 38.0 Å². The number of benzene rings is 1. The lowest BCUT2D eigenvalue weighted by molar-refractivity contribution is 0.386. The summed E-state index contributed by atoms with van der Waals surface area (Å²) in [7, 11) is 1.46. The number of ether oxygens (including phenoxy) is 1. The van der Waals surface area contributed by atoms with E-state index in [1.807, 2.05) is 13.0 Å². The maximum absolute atomic E-state index is 13.5. The van der Waals surface area contributed by atoms with Gasteiger partial charge in [0, 0.05) is 5.38 Å². The van der Waals surface area contributed by atoms with Crippen LogP contribution in [0.4, 0.5) is 4.39 Å². The lowest BCUT2D eigenvalue weighted by Gasteiger charge is -2.18. The molecule has 2 atom stereocenters. The van der Waals surface area contributed by atoms with Gasteiger partial charge in [-0.2, -0.15) is 0 Å². The van der Waals surface area contributed by atoms with Gasteiger partial charge in [-0.25, -0.2) is 4.39 Å². The molecule has 1 rings (SSSR count). The van der Waals surface area contributed by atoms with Crippen LogP contribution in [0.1, 0.15) is 38.2 Å². The summed E-state index contributed by atoms with van der Waals surface area (Å²) in [6.45, 7) is 4.12. The van der Waals surface area contributed by atoms with Crippen molar-refractivity contribution in [3.8, 4) is 5.75 Å². The highest BCUT2D eigenvalue weighted by molar-refractivity contribution is 6.21. The van der Waals surface area contributed by atoms with Crippen LogP contribution in [-0.2, 0) is 0 Å². The van der Waals surface area contributed by atoms with Gasteiger partial charge in [0.25, 0.3) is 0 Å². The first-order valence-electron chi connectivity index (χ1n) is 5.57. The van der Waals surface area contributed by atoms with Crippen LogP contribution in [0.5, 0.6) is 5.75 Å². The maximum Gasteiger partial charge on any atom is 0.165 e. The molecule has 0 aliphatic heterocycles. The topological polar surface area (TPSA) is 9.23 Å². The van der Waals surface area contributed by atoms with Crippen molar-refractivity contribution in [2.75, 3.05) is 7.11 Å². The molecule has 0 N–H and O–H groups in total. The van der Waals surface area contributed by atoms with Crippen LogP contribution in [0.2, 0.25) is 0 Å². The number of hydrogen-bond donors (Lipinski definition) is 0. The lowest BCUT2D eigenvalue weighted by atomic mass is 9.95. The normalized spacial score (nSPS) is 14.6. The number of alkyl halides is 1. The molecule has 0 saturated carbocycles. The highest BCUT2D eigenvalue weighted by atomic mass is 35.5. The van der Waals surface area contributed by atoms with Gasteiger partial charge in [-0.1, -0.05) is 26.3 Å². The van der Waals surface area contributed by atoms with E-state index in [9.17, 15) is 4.39 Å². The van der Waals surface area contributed by atoms with Gasteiger partial charge in [0.1, 0.15) is 0 Å². The van der Waals surface area contributed by atoms with Gasteiger partial charge in [-0.3, -0.25) is 0 Å². The molecule has 0 spiro atoms. The van der Waals surface area contributed by atoms with E-state index in [1.165, 1.54) is 13.2 Å². The van der Waals surface area contributed by atoms with Crippen LogP contribution in [0.15, 0.2) is 18.2 Å². The Morgan fingerprint density at radius 1 is 1.44 bits per heavy atom. The van der Waals surface area contributed by atoms with Crippen molar-refractivity contribution in [1.29, 1.82) is 0 Å². The van der Waals surface area contributed by atoms with E-state index >= 15 is 0 Å². The molecule has 0 fully saturated rings. The van der Waals surface area contributed by atoms with E-state index < -0.39 is 0 Å². The summed E-state index contributed by atoms with van der Waals surface area (Å²) in [5.74, 6) is 0.104. The van der Waals surface area contributed by atoms with Gasteiger partial charge < -0.3 is 4.74 Å². The van der Waals surface area contributed by atoms with Crippen LogP contribution in [0.3, 0.4) is 0 Å². The van der Waals surface area contributed by atoms with Gasteiger partial charge in [-0.05, 0) is 30.0 Å². The van der Waals surface area contributed by atoms with Crippen LogP contribution < -0.4 is 4.74 Å². The van der Waals surface area contributed by atoms with E-state index in [0.29, 0.717) is 0 Å². The third kappa shape index (κ3) is 3.11. The van der Waals surface area contributed by atoms with Crippen molar-refractivity contribution in [3.63, 3.8) is 0 Å². The summed E-state index contributed by atoms with van der Waals surface area (Å²) in [5, 5.41) is 0.0535. The minimum Gasteiger partial charge on any atom is -0.494 e. The minimum absolute atomic E-state index is 0.0535. The molecule has 0 amide bonds. The van der Waals surface area contributed by atoms with Crippen LogP contribution in [0, 0.1) is 5.82 Å². The molecule has 0 radical (unpaired) electrons. The van der Waals surface area contributed by atoms with Gasteiger partial charge in [0.15, 0.2) is 11.6 Å². The maximum atomic E-state index is 13.5. The van der Waals surface area contributed by atoms with Gasteiger partial charge in [0.2, 0.25) is 0 Å². The Labute approximate surface area is 102 Å². The summed E-state index contributed by atoms with van der Waals surface area (Å²) in [6.07, 6.45) is 1.98. The summed E-state index contributed by atoms with van der Waals surface area (Å²) in [4.78, 5) is 0. The van der Waals surface area contributed by atoms with E-state index in [2.05, 4.69) is 6.92 Å². The fourth-order valence-electron chi connectivity index (χ4n) is 1.70. The zero-order valence-corrected chi connectivity index (χ0v) is 10.7.